The van der Waals surface area contributed by atoms with Crippen molar-refractivity contribution in [2.24, 2.45) is 5.92 Å². The lowest BCUT2D eigenvalue weighted by Gasteiger charge is -2.09. The average Bonchev–Trinajstić information content (AvgIpc) is 2.76. The minimum atomic E-state index is 0.678. The topological polar surface area (TPSA) is 0 Å². The van der Waals surface area contributed by atoms with E-state index >= 15 is 0 Å². The van der Waals surface area contributed by atoms with E-state index in [4.69, 9.17) is 0 Å². The molecule has 0 aromatic rings. The van der Waals surface area contributed by atoms with Crippen LogP contribution in [0, 0.1) is 17.8 Å². The molecule has 30 heavy (non-hydrogen) atoms. The molecule has 0 heteroatoms. The van der Waals surface area contributed by atoms with Gasteiger partial charge in [-0.25, -0.2) is 0 Å². The first-order valence-corrected chi connectivity index (χ1v) is 14.3. The lowest BCUT2D eigenvalue weighted by atomic mass is 9.96. The van der Waals surface area contributed by atoms with Crippen molar-refractivity contribution in [3.8, 4) is 11.8 Å². The van der Waals surface area contributed by atoms with E-state index in [1.807, 2.05) is 0 Å². The third kappa shape index (κ3) is 23.8. The van der Waals surface area contributed by atoms with Gasteiger partial charge in [-0.3, -0.25) is 0 Å². The second-order valence-corrected chi connectivity index (χ2v) is 9.71. The molecule has 178 valence electrons. The Morgan fingerprint density at radius 1 is 0.400 bits per heavy atom. The van der Waals surface area contributed by atoms with Crippen molar-refractivity contribution < 1.29 is 0 Å². The summed E-state index contributed by atoms with van der Waals surface area (Å²) in [7, 11) is 0. The maximum Gasteiger partial charge on any atom is 0.0202 e. The van der Waals surface area contributed by atoms with Crippen LogP contribution < -0.4 is 0 Å². The van der Waals surface area contributed by atoms with E-state index in [2.05, 4.69) is 32.6 Å². The molecule has 1 atom stereocenters. The fraction of sp³-hybridized carbons (Fsp3) is 0.933. The highest BCUT2D eigenvalue weighted by molar-refractivity contribution is 5.03. The Morgan fingerprint density at radius 2 is 0.767 bits per heavy atom. The highest BCUT2D eigenvalue weighted by Gasteiger charge is 2.03. The molecule has 0 aromatic heterocycles. The fourth-order valence-electron chi connectivity index (χ4n) is 4.36. The highest BCUT2D eigenvalue weighted by Crippen LogP contribution is 2.17. The Labute approximate surface area is 192 Å². The summed E-state index contributed by atoms with van der Waals surface area (Å²) in [6.07, 6.45) is 33.6. The van der Waals surface area contributed by atoms with Gasteiger partial charge in [-0.15, -0.1) is 5.92 Å². The van der Waals surface area contributed by atoms with E-state index in [1.165, 1.54) is 148 Å². The molecule has 1 unspecified atom stereocenters. The number of unbranched alkanes of at least 4 members (excludes halogenated alkanes) is 19. The van der Waals surface area contributed by atoms with Crippen molar-refractivity contribution in [1.82, 2.24) is 0 Å². The van der Waals surface area contributed by atoms with Gasteiger partial charge in [0.1, 0.15) is 0 Å². The monoisotopic (exact) mass is 418 g/mol. The van der Waals surface area contributed by atoms with Gasteiger partial charge in [0.25, 0.3) is 0 Å². The van der Waals surface area contributed by atoms with Crippen LogP contribution in [0.4, 0.5) is 0 Å². The van der Waals surface area contributed by atoms with Gasteiger partial charge in [-0.2, -0.15) is 0 Å². The molecular formula is C30H58. The number of hydrogen-bond acceptors (Lipinski definition) is 0. The Balaban J connectivity index is 3.39. The SMILES string of the molecule is CCCCCCCCCCCCCCCCCCC#CC(CCCC)CCCCC. The molecule has 0 fully saturated rings. The predicted molar refractivity (Wildman–Crippen MR) is 139 cm³/mol. The largest absolute Gasteiger partial charge is 0.103 e. The first-order chi connectivity index (χ1) is 14.8. The van der Waals surface area contributed by atoms with E-state index in [0.717, 1.165) is 6.42 Å². The molecule has 0 saturated carbocycles. The van der Waals surface area contributed by atoms with Gasteiger partial charge in [-0.1, -0.05) is 155 Å². The van der Waals surface area contributed by atoms with Gasteiger partial charge in [0.05, 0.1) is 0 Å². The van der Waals surface area contributed by atoms with E-state index in [9.17, 15) is 0 Å². The predicted octanol–water partition coefficient (Wildman–Crippen LogP) is 11.0. The van der Waals surface area contributed by atoms with Crippen LogP contribution >= 0.6 is 0 Å². The van der Waals surface area contributed by atoms with Crippen molar-refractivity contribution in [2.45, 2.75) is 175 Å². The van der Waals surface area contributed by atoms with E-state index < -0.39 is 0 Å². The second-order valence-electron chi connectivity index (χ2n) is 9.71. The minimum Gasteiger partial charge on any atom is -0.103 e. The van der Waals surface area contributed by atoms with Crippen LogP contribution in [0.2, 0.25) is 0 Å². The summed E-state index contributed by atoms with van der Waals surface area (Å²) < 4.78 is 0. The van der Waals surface area contributed by atoms with Gasteiger partial charge < -0.3 is 0 Å². The fourth-order valence-corrected chi connectivity index (χ4v) is 4.36. The lowest BCUT2D eigenvalue weighted by molar-refractivity contribution is 0.501. The summed E-state index contributed by atoms with van der Waals surface area (Å²) in [6.45, 7) is 6.90. The Morgan fingerprint density at radius 3 is 1.23 bits per heavy atom. The van der Waals surface area contributed by atoms with Crippen LogP contribution in [0.25, 0.3) is 0 Å². The van der Waals surface area contributed by atoms with Gasteiger partial charge in [0, 0.05) is 12.3 Å². The first-order valence-electron chi connectivity index (χ1n) is 14.3. The number of rotatable bonds is 23. The quantitative estimate of drug-likeness (QED) is 0.114. The molecule has 0 bridgehead atoms. The summed E-state index contributed by atoms with van der Waals surface area (Å²) in [5.74, 6) is 7.81. The molecule has 0 aliphatic carbocycles. The summed E-state index contributed by atoms with van der Waals surface area (Å²) in [5.41, 5.74) is 0. The molecule has 0 saturated heterocycles. The minimum absolute atomic E-state index is 0.678. The summed E-state index contributed by atoms with van der Waals surface area (Å²) >= 11 is 0. The Kier molecular flexibility index (Phi) is 26.2. The van der Waals surface area contributed by atoms with Crippen LogP contribution in [-0.4, -0.2) is 0 Å². The third-order valence-electron chi connectivity index (χ3n) is 6.52. The van der Waals surface area contributed by atoms with Crippen molar-refractivity contribution in [3.05, 3.63) is 0 Å². The maximum absolute atomic E-state index is 3.62. The normalized spacial score (nSPS) is 12.0. The van der Waals surface area contributed by atoms with Crippen LogP contribution in [0.15, 0.2) is 0 Å². The molecule has 0 aliphatic heterocycles. The van der Waals surface area contributed by atoms with Crippen LogP contribution in [0.3, 0.4) is 0 Å². The van der Waals surface area contributed by atoms with Crippen molar-refractivity contribution >= 4 is 0 Å². The summed E-state index contributed by atoms with van der Waals surface area (Å²) in [4.78, 5) is 0. The van der Waals surface area contributed by atoms with Gasteiger partial charge in [0.15, 0.2) is 0 Å². The summed E-state index contributed by atoms with van der Waals surface area (Å²) in [5, 5.41) is 0. The Hall–Kier alpha value is -0.440. The molecular weight excluding hydrogens is 360 g/mol. The standard InChI is InChI=1S/C30H58/c1-4-7-10-11-12-13-14-15-16-17-18-19-20-21-22-23-24-26-29-30(27-9-6-3)28-25-8-5-2/h30H,4-25,27-28H2,1-3H3. The average molecular weight is 419 g/mol. The molecule has 0 heterocycles. The van der Waals surface area contributed by atoms with E-state index in [1.54, 1.807) is 0 Å². The third-order valence-corrected chi connectivity index (χ3v) is 6.52. The van der Waals surface area contributed by atoms with Gasteiger partial charge >= 0.3 is 0 Å². The molecule has 0 radical (unpaired) electrons. The molecule has 0 spiro atoms. The smallest absolute Gasteiger partial charge is 0.0202 e. The zero-order valence-electron chi connectivity index (χ0n) is 21.5. The van der Waals surface area contributed by atoms with Gasteiger partial charge in [-0.05, 0) is 19.3 Å². The van der Waals surface area contributed by atoms with E-state index in [-0.39, 0.29) is 0 Å². The molecule has 0 amide bonds. The van der Waals surface area contributed by atoms with Gasteiger partial charge in [0.2, 0.25) is 0 Å². The summed E-state index contributed by atoms with van der Waals surface area (Å²) in [6, 6.07) is 0. The maximum atomic E-state index is 3.62. The van der Waals surface area contributed by atoms with Crippen LogP contribution in [0.1, 0.15) is 175 Å². The zero-order chi connectivity index (χ0) is 22.0. The molecule has 0 N–H and O–H groups in total. The van der Waals surface area contributed by atoms with Crippen molar-refractivity contribution in [3.63, 3.8) is 0 Å². The van der Waals surface area contributed by atoms with Crippen LogP contribution in [0.5, 0.6) is 0 Å². The molecule has 0 rings (SSSR count). The van der Waals surface area contributed by atoms with Crippen molar-refractivity contribution in [2.75, 3.05) is 0 Å². The lowest BCUT2D eigenvalue weighted by Crippen LogP contribution is -1.97. The highest BCUT2D eigenvalue weighted by atomic mass is 14.1. The first kappa shape index (κ1) is 29.6. The van der Waals surface area contributed by atoms with E-state index in [0.29, 0.717) is 5.92 Å². The zero-order valence-corrected chi connectivity index (χ0v) is 21.5. The molecule has 0 aromatic carbocycles. The molecule has 0 aliphatic rings. The second kappa shape index (κ2) is 26.6. The number of hydrogen-bond donors (Lipinski definition) is 0. The van der Waals surface area contributed by atoms with Crippen LogP contribution in [-0.2, 0) is 0 Å². The Bertz CT molecular complexity index is 358. The molecule has 0 nitrogen and oxygen atoms in total. The van der Waals surface area contributed by atoms with Crippen molar-refractivity contribution in [1.29, 1.82) is 0 Å².